The number of anilines is 1. The zero-order chi connectivity index (χ0) is 12.8. The minimum absolute atomic E-state index is 0.0467. The van der Waals surface area contributed by atoms with E-state index >= 15 is 0 Å². The summed E-state index contributed by atoms with van der Waals surface area (Å²) in [5.41, 5.74) is 6.20. The number of rotatable bonds is 4. The van der Waals surface area contributed by atoms with Gasteiger partial charge in [-0.05, 0) is 18.1 Å². The number of carbonyl (C=O) groups excluding carboxylic acids is 1. The minimum atomic E-state index is -0.639. The maximum Gasteiger partial charge on any atom is 0.235 e. The van der Waals surface area contributed by atoms with E-state index in [1.165, 1.54) is 0 Å². The Morgan fingerprint density at radius 1 is 1.35 bits per heavy atom. The van der Waals surface area contributed by atoms with Crippen LogP contribution in [-0.2, 0) is 4.79 Å². The average molecular weight is 235 g/mol. The van der Waals surface area contributed by atoms with Gasteiger partial charge >= 0.3 is 0 Å². The Bertz CT molecular complexity index is 401. The molecule has 0 aromatic heterocycles. The van der Waals surface area contributed by atoms with Gasteiger partial charge in [-0.2, -0.15) is 0 Å². The molecule has 5 nitrogen and oxygen atoms in total. The third-order valence-electron chi connectivity index (χ3n) is 2.42. The Kier molecular flexibility index (Phi) is 4.51. The molecule has 0 saturated carbocycles. The number of nitrogens with two attached hydrogens (primary N) is 1. The number of benzene rings is 1. The fourth-order valence-electron chi connectivity index (χ4n) is 1.58. The van der Waals surface area contributed by atoms with Crippen LogP contribution in [0.25, 0.3) is 0 Å². The molecule has 0 bridgehead atoms. The second kappa shape index (κ2) is 5.89. The fraction of sp³-hybridized carbons (Fsp3) is 0.333. The van der Waals surface area contributed by atoms with Crippen LogP contribution < -0.4 is 11.1 Å². The number of hydrogen-bond acceptors (Lipinski definition) is 3. The van der Waals surface area contributed by atoms with E-state index in [-0.39, 0.29) is 17.7 Å². The molecule has 0 heterocycles. The van der Waals surface area contributed by atoms with Crippen LogP contribution in [0.4, 0.5) is 5.69 Å². The molecule has 0 radical (unpaired) electrons. The molecule has 1 aromatic carbocycles. The highest BCUT2D eigenvalue weighted by molar-refractivity contribution is 6.07. The van der Waals surface area contributed by atoms with Crippen LogP contribution in [0.15, 0.2) is 35.5 Å². The summed E-state index contributed by atoms with van der Waals surface area (Å²) in [4.78, 5) is 12.0. The summed E-state index contributed by atoms with van der Waals surface area (Å²) in [5, 5.41) is 14.3. The summed E-state index contributed by atoms with van der Waals surface area (Å²) in [5.74, 6) is -1.04. The molecule has 5 heteroatoms. The zero-order valence-electron chi connectivity index (χ0n) is 9.92. The van der Waals surface area contributed by atoms with E-state index in [2.05, 4.69) is 10.5 Å². The average Bonchev–Trinajstić information content (AvgIpc) is 2.29. The summed E-state index contributed by atoms with van der Waals surface area (Å²) < 4.78 is 0. The largest absolute Gasteiger partial charge is 0.409 e. The van der Waals surface area contributed by atoms with Crippen LogP contribution in [0, 0.1) is 11.8 Å². The topological polar surface area (TPSA) is 87.7 Å². The standard InChI is InChI=1S/C12H17N3O2/c1-8(2)10(11(13)15-17)12(16)14-9-6-4-3-5-7-9/h3-8,10,17H,1-2H3,(H2,13,15)(H,14,16). The lowest BCUT2D eigenvalue weighted by atomic mass is 9.94. The molecule has 0 spiro atoms. The van der Waals surface area contributed by atoms with Gasteiger partial charge in [-0.15, -0.1) is 0 Å². The highest BCUT2D eigenvalue weighted by Crippen LogP contribution is 2.15. The van der Waals surface area contributed by atoms with Crippen molar-refractivity contribution in [1.82, 2.24) is 0 Å². The molecule has 4 N–H and O–H groups in total. The van der Waals surface area contributed by atoms with Crippen molar-refractivity contribution < 1.29 is 10.0 Å². The Morgan fingerprint density at radius 2 is 1.94 bits per heavy atom. The number of amidine groups is 1. The highest BCUT2D eigenvalue weighted by atomic mass is 16.4. The quantitative estimate of drug-likeness (QED) is 0.321. The van der Waals surface area contributed by atoms with E-state index in [1.54, 1.807) is 12.1 Å². The Hall–Kier alpha value is -2.04. The molecule has 17 heavy (non-hydrogen) atoms. The number of nitrogens with zero attached hydrogens (tertiary/aromatic N) is 1. The second-order valence-corrected chi connectivity index (χ2v) is 4.10. The van der Waals surface area contributed by atoms with E-state index in [9.17, 15) is 4.79 Å². The van der Waals surface area contributed by atoms with Crippen molar-refractivity contribution in [3.8, 4) is 0 Å². The molecule has 1 aromatic rings. The van der Waals surface area contributed by atoms with Crippen LogP contribution in [0.3, 0.4) is 0 Å². The molecule has 1 atom stereocenters. The summed E-state index contributed by atoms with van der Waals surface area (Å²) in [7, 11) is 0. The van der Waals surface area contributed by atoms with Crippen molar-refractivity contribution in [3.63, 3.8) is 0 Å². The minimum Gasteiger partial charge on any atom is -0.409 e. The van der Waals surface area contributed by atoms with Crippen molar-refractivity contribution in [1.29, 1.82) is 0 Å². The van der Waals surface area contributed by atoms with Crippen molar-refractivity contribution in [3.05, 3.63) is 30.3 Å². The van der Waals surface area contributed by atoms with Crippen molar-refractivity contribution in [2.24, 2.45) is 22.7 Å². The molecule has 0 fully saturated rings. The van der Waals surface area contributed by atoms with Gasteiger partial charge in [0.1, 0.15) is 5.92 Å². The first-order valence-electron chi connectivity index (χ1n) is 5.39. The van der Waals surface area contributed by atoms with Crippen LogP contribution in [0.2, 0.25) is 0 Å². The van der Waals surface area contributed by atoms with Crippen LogP contribution in [0.1, 0.15) is 13.8 Å². The predicted octanol–water partition coefficient (Wildman–Crippen LogP) is 1.64. The first kappa shape index (κ1) is 13.0. The number of para-hydroxylation sites is 1. The monoisotopic (exact) mass is 235 g/mol. The van der Waals surface area contributed by atoms with Gasteiger partial charge in [0.05, 0.1) is 0 Å². The fourth-order valence-corrected chi connectivity index (χ4v) is 1.58. The number of amides is 1. The maximum absolute atomic E-state index is 12.0. The Labute approximate surface area is 100 Å². The van der Waals surface area contributed by atoms with E-state index in [0.717, 1.165) is 0 Å². The van der Waals surface area contributed by atoms with Crippen molar-refractivity contribution in [2.75, 3.05) is 5.32 Å². The molecular weight excluding hydrogens is 218 g/mol. The maximum atomic E-state index is 12.0. The lowest BCUT2D eigenvalue weighted by Crippen LogP contribution is -2.38. The summed E-state index contributed by atoms with van der Waals surface area (Å²) in [6.45, 7) is 3.68. The number of nitrogens with one attached hydrogen (secondary N) is 1. The molecule has 1 amide bonds. The molecular formula is C12H17N3O2. The van der Waals surface area contributed by atoms with Gasteiger partial charge in [0.15, 0.2) is 5.84 Å². The summed E-state index contributed by atoms with van der Waals surface area (Å²) in [6, 6.07) is 9.06. The highest BCUT2D eigenvalue weighted by Gasteiger charge is 2.26. The lowest BCUT2D eigenvalue weighted by Gasteiger charge is -2.18. The molecule has 0 aliphatic heterocycles. The smallest absolute Gasteiger partial charge is 0.235 e. The van der Waals surface area contributed by atoms with Gasteiger partial charge in [-0.3, -0.25) is 4.79 Å². The normalized spacial score (nSPS) is 13.5. The van der Waals surface area contributed by atoms with Crippen molar-refractivity contribution >= 4 is 17.4 Å². The SMILES string of the molecule is CC(C)C(C(=O)Nc1ccccc1)/C(N)=N/O. The van der Waals surface area contributed by atoms with Crippen LogP contribution in [0.5, 0.6) is 0 Å². The first-order valence-corrected chi connectivity index (χ1v) is 5.39. The van der Waals surface area contributed by atoms with Gasteiger partial charge < -0.3 is 16.3 Å². The van der Waals surface area contributed by atoms with Gasteiger partial charge in [0.2, 0.25) is 5.91 Å². The van der Waals surface area contributed by atoms with Crippen molar-refractivity contribution in [2.45, 2.75) is 13.8 Å². The third kappa shape index (κ3) is 3.48. The molecule has 0 aliphatic rings. The Morgan fingerprint density at radius 3 is 2.41 bits per heavy atom. The van der Waals surface area contributed by atoms with E-state index < -0.39 is 5.92 Å². The molecule has 0 aliphatic carbocycles. The van der Waals surface area contributed by atoms with E-state index in [1.807, 2.05) is 32.0 Å². The summed E-state index contributed by atoms with van der Waals surface area (Å²) >= 11 is 0. The third-order valence-corrected chi connectivity index (χ3v) is 2.42. The molecule has 1 unspecified atom stereocenters. The van der Waals surface area contributed by atoms with E-state index in [0.29, 0.717) is 5.69 Å². The number of carbonyl (C=O) groups is 1. The lowest BCUT2D eigenvalue weighted by molar-refractivity contribution is -0.119. The summed E-state index contributed by atoms with van der Waals surface area (Å²) in [6.07, 6.45) is 0. The zero-order valence-corrected chi connectivity index (χ0v) is 9.92. The van der Waals surface area contributed by atoms with Gasteiger partial charge in [0.25, 0.3) is 0 Å². The molecule has 1 rings (SSSR count). The Balaban J connectivity index is 2.80. The molecule has 0 saturated heterocycles. The second-order valence-electron chi connectivity index (χ2n) is 4.10. The van der Waals surface area contributed by atoms with Crippen LogP contribution in [-0.4, -0.2) is 17.0 Å². The number of hydrogen-bond donors (Lipinski definition) is 3. The predicted molar refractivity (Wildman–Crippen MR) is 66.8 cm³/mol. The molecule has 92 valence electrons. The van der Waals surface area contributed by atoms with Gasteiger partial charge in [-0.1, -0.05) is 37.2 Å². The van der Waals surface area contributed by atoms with E-state index in [4.69, 9.17) is 10.9 Å². The van der Waals surface area contributed by atoms with Crippen LogP contribution >= 0.6 is 0 Å². The van der Waals surface area contributed by atoms with Gasteiger partial charge in [-0.25, -0.2) is 0 Å². The van der Waals surface area contributed by atoms with Gasteiger partial charge in [0, 0.05) is 5.69 Å². The number of oxime groups is 1. The first-order chi connectivity index (χ1) is 8.06.